The third kappa shape index (κ3) is 4.26. The van der Waals surface area contributed by atoms with E-state index in [0.29, 0.717) is 6.01 Å². The Hall–Kier alpha value is -2.61. The number of benzene rings is 1. The number of carbonyl (C=O) groups is 1. The Morgan fingerprint density at radius 2 is 1.77 bits per heavy atom. The number of oxazole rings is 1. The smallest absolute Gasteiger partial charge is 0.312 e. The van der Waals surface area contributed by atoms with Crippen LogP contribution in [-0.4, -0.2) is 67.8 Å². The number of esters is 1. The molecule has 1 atom stereocenters. The Morgan fingerprint density at radius 1 is 1.03 bits per heavy atom. The van der Waals surface area contributed by atoms with Crippen molar-refractivity contribution in [2.24, 2.45) is 5.41 Å². The van der Waals surface area contributed by atoms with Gasteiger partial charge in [-0.05, 0) is 43.5 Å². The number of halogens is 1. The molecule has 3 aliphatic rings. The first-order valence-electron chi connectivity index (χ1n) is 11.2. The molecule has 0 saturated carbocycles. The lowest BCUT2D eigenvalue weighted by Gasteiger charge is -2.36. The van der Waals surface area contributed by atoms with Crippen molar-refractivity contribution in [2.45, 2.75) is 31.8 Å². The number of hydrogen-bond donors (Lipinski definition) is 0. The average molecular weight is 429 g/mol. The van der Waals surface area contributed by atoms with Crippen LogP contribution in [0.25, 0.3) is 0 Å². The number of rotatable bonds is 5. The highest BCUT2D eigenvalue weighted by molar-refractivity contribution is 5.79. The summed E-state index contributed by atoms with van der Waals surface area (Å²) in [5, 5.41) is 0. The van der Waals surface area contributed by atoms with Gasteiger partial charge in [0.15, 0.2) is 0 Å². The fraction of sp³-hybridized carbons (Fsp3) is 0.565. The van der Waals surface area contributed by atoms with Gasteiger partial charge in [-0.3, -0.25) is 9.69 Å². The second-order valence-electron chi connectivity index (χ2n) is 8.91. The van der Waals surface area contributed by atoms with Gasteiger partial charge in [0.2, 0.25) is 0 Å². The minimum absolute atomic E-state index is 0.0101. The highest BCUT2D eigenvalue weighted by Gasteiger charge is 2.50. The van der Waals surface area contributed by atoms with Crippen LogP contribution in [0.2, 0.25) is 0 Å². The molecule has 0 N–H and O–H groups in total. The number of piperazine rings is 1. The van der Waals surface area contributed by atoms with E-state index in [0.717, 1.165) is 77.2 Å². The van der Waals surface area contributed by atoms with Crippen molar-refractivity contribution in [2.75, 3.05) is 55.6 Å². The molecular formula is C23H29FN4O3. The molecule has 0 aliphatic carbocycles. The Bertz CT molecular complexity index is 873. The molecule has 1 aromatic heterocycles. The molecule has 5 rings (SSSR count). The fourth-order valence-corrected chi connectivity index (χ4v) is 5.11. The van der Waals surface area contributed by atoms with Gasteiger partial charge in [-0.15, -0.1) is 0 Å². The summed E-state index contributed by atoms with van der Waals surface area (Å²) in [5.41, 5.74) is 0.735. The van der Waals surface area contributed by atoms with Crippen molar-refractivity contribution in [3.05, 3.63) is 42.5 Å². The van der Waals surface area contributed by atoms with Gasteiger partial charge in [-0.2, -0.15) is 0 Å². The predicted octanol–water partition coefficient (Wildman–Crippen LogP) is 2.93. The number of anilines is 2. The van der Waals surface area contributed by atoms with Crippen molar-refractivity contribution in [1.29, 1.82) is 0 Å². The molecule has 166 valence electrons. The second-order valence-corrected chi connectivity index (χ2v) is 8.91. The second kappa shape index (κ2) is 8.49. The first kappa shape index (κ1) is 20.3. The summed E-state index contributed by atoms with van der Waals surface area (Å²) >= 11 is 0. The molecule has 8 heteroatoms. The summed E-state index contributed by atoms with van der Waals surface area (Å²) in [6, 6.07) is 7.35. The SMILES string of the molecule is O=C1O[C@@H](CCN2CCN(c3ccc(F)cc3)CC2)CC12CCN(c1ncco1)CC2. The van der Waals surface area contributed by atoms with Gasteiger partial charge in [-0.25, -0.2) is 9.37 Å². The first-order valence-corrected chi connectivity index (χ1v) is 11.2. The van der Waals surface area contributed by atoms with Gasteiger partial charge >= 0.3 is 5.97 Å². The molecule has 3 saturated heterocycles. The van der Waals surface area contributed by atoms with E-state index in [9.17, 15) is 9.18 Å². The zero-order valence-electron chi connectivity index (χ0n) is 17.7. The van der Waals surface area contributed by atoms with E-state index in [1.54, 1.807) is 12.5 Å². The van der Waals surface area contributed by atoms with Gasteiger partial charge in [0, 0.05) is 57.9 Å². The summed E-state index contributed by atoms with van der Waals surface area (Å²) in [5.74, 6) is -0.222. The fourth-order valence-electron chi connectivity index (χ4n) is 5.11. The van der Waals surface area contributed by atoms with Crippen molar-refractivity contribution in [3.63, 3.8) is 0 Å². The monoisotopic (exact) mass is 428 g/mol. The zero-order chi connectivity index (χ0) is 21.3. The lowest BCUT2D eigenvalue weighted by molar-refractivity contribution is -0.149. The van der Waals surface area contributed by atoms with Crippen molar-refractivity contribution in [1.82, 2.24) is 9.88 Å². The summed E-state index contributed by atoms with van der Waals surface area (Å²) in [6.45, 7) is 6.27. The number of cyclic esters (lactones) is 1. The summed E-state index contributed by atoms with van der Waals surface area (Å²) < 4.78 is 24.3. The van der Waals surface area contributed by atoms with Crippen molar-refractivity contribution >= 4 is 17.7 Å². The highest BCUT2D eigenvalue weighted by Crippen LogP contribution is 2.44. The molecule has 2 aromatic rings. The normalized spacial score (nSPS) is 24.0. The molecule has 0 unspecified atom stereocenters. The number of carbonyl (C=O) groups excluding carboxylic acids is 1. The average Bonchev–Trinajstić information content (AvgIpc) is 3.43. The van der Waals surface area contributed by atoms with Crippen LogP contribution in [0.5, 0.6) is 0 Å². The van der Waals surface area contributed by atoms with E-state index in [1.165, 1.54) is 12.1 Å². The maximum Gasteiger partial charge on any atom is 0.312 e. The highest BCUT2D eigenvalue weighted by atomic mass is 19.1. The van der Waals surface area contributed by atoms with E-state index in [2.05, 4.69) is 19.7 Å². The van der Waals surface area contributed by atoms with Crippen molar-refractivity contribution < 1.29 is 18.3 Å². The van der Waals surface area contributed by atoms with Gasteiger partial charge in [0.1, 0.15) is 18.2 Å². The number of aromatic nitrogens is 1. The van der Waals surface area contributed by atoms with Crippen molar-refractivity contribution in [3.8, 4) is 0 Å². The summed E-state index contributed by atoms with van der Waals surface area (Å²) in [4.78, 5) is 23.8. The van der Waals surface area contributed by atoms with E-state index >= 15 is 0 Å². The third-order valence-electron chi connectivity index (χ3n) is 7.07. The number of piperidine rings is 1. The molecule has 1 aromatic carbocycles. The van der Waals surface area contributed by atoms with Crippen LogP contribution in [0.1, 0.15) is 25.7 Å². The van der Waals surface area contributed by atoms with Crippen LogP contribution in [0.15, 0.2) is 41.1 Å². The Kier molecular flexibility index (Phi) is 5.56. The van der Waals surface area contributed by atoms with Crippen LogP contribution in [0.3, 0.4) is 0 Å². The minimum Gasteiger partial charge on any atom is -0.462 e. The topological polar surface area (TPSA) is 62.1 Å². The molecule has 0 amide bonds. The van der Waals surface area contributed by atoms with E-state index in [1.807, 2.05) is 12.1 Å². The molecule has 0 bridgehead atoms. The van der Waals surface area contributed by atoms with Gasteiger partial charge in [0.05, 0.1) is 11.6 Å². The van der Waals surface area contributed by atoms with Crippen LogP contribution >= 0.6 is 0 Å². The van der Waals surface area contributed by atoms with E-state index in [4.69, 9.17) is 9.15 Å². The van der Waals surface area contributed by atoms with Crippen LogP contribution in [0.4, 0.5) is 16.1 Å². The van der Waals surface area contributed by atoms with E-state index < -0.39 is 0 Å². The largest absolute Gasteiger partial charge is 0.462 e. The van der Waals surface area contributed by atoms with Gasteiger partial charge in [0.25, 0.3) is 6.01 Å². The quantitative estimate of drug-likeness (QED) is 0.679. The molecular weight excluding hydrogens is 399 g/mol. The molecule has 1 spiro atoms. The number of nitrogens with zero attached hydrogens (tertiary/aromatic N) is 4. The maximum absolute atomic E-state index is 13.1. The zero-order valence-corrected chi connectivity index (χ0v) is 17.7. The Balaban J connectivity index is 1.08. The maximum atomic E-state index is 13.1. The van der Waals surface area contributed by atoms with E-state index in [-0.39, 0.29) is 23.3 Å². The molecule has 0 radical (unpaired) electrons. The summed E-state index contributed by atoms with van der Waals surface area (Å²) in [7, 11) is 0. The molecule has 3 fully saturated rings. The predicted molar refractivity (Wildman–Crippen MR) is 115 cm³/mol. The number of ether oxygens (including phenoxy) is 1. The lowest BCUT2D eigenvalue weighted by Crippen LogP contribution is -2.47. The third-order valence-corrected chi connectivity index (χ3v) is 7.07. The minimum atomic E-state index is -0.338. The standard InChI is InChI=1S/C23H29FN4O3/c24-18-1-3-19(4-2-18)27-14-12-26(13-15-27)9-5-20-17-23(21(29)31-20)6-10-28(11-7-23)22-25-8-16-30-22/h1-4,8,16,20H,5-7,9-15,17H2/t20-/m0/s1. The first-order chi connectivity index (χ1) is 15.1. The Morgan fingerprint density at radius 3 is 2.45 bits per heavy atom. The lowest BCUT2D eigenvalue weighted by atomic mass is 9.76. The Labute approximate surface area is 181 Å². The van der Waals surface area contributed by atoms with Gasteiger partial charge in [-0.1, -0.05) is 0 Å². The molecule has 31 heavy (non-hydrogen) atoms. The molecule has 3 aliphatic heterocycles. The van der Waals surface area contributed by atoms with Crippen LogP contribution in [0, 0.1) is 11.2 Å². The summed E-state index contributed by atoms with van der Waals surface area (Å²) in [6.07, 6.45) is 6.53. The number of hydrogen-bond acceptors (Lipinski definition) is 7. The molecule has 7 nitrogen and oxygen atoms in total. The van der Waals surface area contributed by atoms with Gasteiger partial charge < -0.3 is 19.0 Å². The molecule has 4 heterocycles. The van der Waals surface area contributed by atoms with Crippen LogP contribution < -0.4 is 9.80 Å². The van der Waals surface area contributed by atoms with Crippen LogP contribution in [-0.2, 0) is 9.53 Å².